The molecule has 1 atom stereocenters. The molecule has 0 unspecified atom stereocenters. The highest BCUT2D eigenvalue weighted by molar-refractivity contribution is 7.19. The van der Waals surface area contributed by atoms with Crippen LogP contribution in [0.4, 0.5) is 10.3 Å². The van der Waals surface area contributed by atoms with E-state index in [0.717, 1.165) is 42.3 Å². The summed E-state index contributed by atoms with van der Waals surface area (Å²) >= 11 is 1.44. The summed E-state index contributed by atoms with van der Waals surface area (Å²) < 4.78 is 5.66. The van der Waals surface area contributed by atoms with Gasteiger partial charge in [0.15, 0.2) is 0 Å². The molecule has 166 valence electrons. The number of nitrogens with zero attached hydrogens (tertiary/aromatic N) is 4. The van der Waals surface area contributed by atoms with Crippen molar-refractivity contribution in [3.8, 4) is 5.75 Å². The highest BCUT2D eigenvalue weighted by Gasteiger charge is 2.30. The Bertz CT molecular complexity index is 914. The van der Waals surface area contributed by atoms with Crippen molar-refractivity contribution in [3.05, 3.63) is 29.8 Å². The Hall–Kier alpha value is -2.68. The molecule has 2 saturated heterocycles. The van der Waals surface area contributed by atoms with Crippen LogP contribution in [0.2, 0.25) is 0 Å². The number of hydrogen-bond acceptors (Lipinski definition) is 7. The molecule has 31 heavy (non-hydrogen) atoms. The van der Waals surface area contributed by atoms with Gasteiger partial charge in [-0.2, -0.15) is 0 Å². The quantitative estimate of drug-likeness (QED) is 0.708. The van der Waals surface area contributed by atoms with Gasteiger partial charge in [0.05, 0.1) is 12.0 Å². The number of carbonyl (C=O) groups excluding carboxylic acids is 2. The van der Waals surface area contributed by atoms with E-state index in [1.165, 1.54) is 11.3 Å². The molecule has 3 heterocycles. The van der Waals surface area contributed by atoms with Crippen LogP contribution in [0.3, 0.4) is 0 Å². The fourth-order valence-electron chi connectivity index (χ4n) is 3.95. The molecule has 0 saturated carbocycles. The second kappa shape index (κ2) is 9.64. The number of ether oxygens (including phenoxy) is 1. The van der Waals surface area contributed by atoms with Crippen molar-refractivity contribution in [2.24, 2.45) is 5.92 Å². The van der Waals surface area contributed by atoms with Gasteiger partial charge in [0, 0.05) is 32.6 Å². The predicted octanol–water partition coefficient (Wildman–Crippen LogP) is 2.98. The van der Waals surface area contributed by atoms with Crippen LogP contribution in [0.1, 0.15) is 45.1 Å². The average molecular weight is 444 g/mol. The summed E-state index contributed by atoms with van der Waals surface area (Å²) in [6.45, 7) is 6.67. The van der Waals surface area contributed by atoms with Crippen LogP contribution >= 0.6 is 11.3 Å². The lowest BCUT2D eigenvalue weighted by atomic mass is 9.97. The van der Waals surface area contributed by atoms with Gasteiger partial charge in [-0.25, -0.2) is 0 Å². The minimum atomic E-state index is -0.0851. The van der Waals surface area contributed by atoms with Crippen molar-refractivity contribution in [1.29, 1.82) is 0 Å². The van der Waals surface area contributed by atoms with Gasteiger partial charge in [-0.1, -0.05) is 23.5 Å². The van der Waals surface area contributed by atoms with Gasteiger partial charge in [0.1, 0.15) is 5.75 Å². The number of rotatable bonds is 7. The molecule has 0 aliphatic carbocycles. The largest absolute Gasteiger partial charge is 0.491 e. The van der Waals surface area contributed by atoms with Gasteiger partial charge in [0.25, 0.3) is 0 Å². The molecular weight excluding hydrogens is 414 g/mol. The van der Waals surface area contributed by atoms with Crippen LogP contribution < -0.4 is 19.9 Å². The molecule has 1 aromatic heterocycles. The minimum Gasteiger partial charge on any atom is -0.491 e. The molecular formula is C22H29N5O3S. The van der Waals surface area contributed by atoms with E-state index >= 15 is 0 Å². The molecule has 0 bridgehead atoms. The first-order valence-corrected chi connectivity index (χ1v) is 11.7. The van der Waals surface area contributed by atoms with Crippen LogP contribution in [0.5, 0.6) is 5.75 Å². The minimum absolute atomic E-state index is 0.0617. The van der Waals surface area contributed by atoms with E-state index in [9.17, 15) is 9.59 Å². The van der Waals surface area contributed by atoms with Crippen molar-refractivity contribution in [2.75, 3.05) is 29.4 Å². The molecule has 2 aliphatic heterocycles. The molecule has 0 spiro atoms. The van der Waals surface area contributed by atoms with Crippen molar-refractivity contribution < 1.29 is 14.3 Å². The van der Waals surface area contributed by atoms with Crippen LogP contribution in [-0.2, 0) is 16.1 Å². The van der Waals surface area contributed by atoms with Gasteiger partial charge in [-0.05, 0) is 50.8 Å². The van der Waals surface area contributed by atoms with Crippen molar-refractivity contribution >= 4 is 33.4 Å². The van der Waals surface area contributed by atoms with Gasteiger partial charge >= 0.3 is 0 Å². The third kappa shape index (κ3) is 5.33. The summed E-state index contributed by atoms with van der Waals surface area (Å²) in [7, 11) is 0. The van der Waals surface area contributed by atoms with Crippen LogP contribution in [0.25, 0.3) is 0 Å². The topological polar surface area (TPSA) is 87.7 Å². The number of carbonyl (C=O) groups is 2. The zero-order chi connectivity index (χ0) is 21.8. The Morgan fingerprint density at radius 3 is 2.68 bits per heavy atom. The van der Waals surface area contributed by atoms with E-state index in [4.69, 9.17) is 4.74 Å². The van der Waals surface area contributed by atoms with Crippen molar-refractivity contribution in [3.63, 3.8) is 0 Å². The van der Waals surface area contributed by atoms with E-state index in [0.29, 0.717) is 31.2 Å². The summed E-state index contributed by atoms with van der Waals surface area (Å²) in [6.07, 6.45) is 3.37. The number of benzene rings is 1. The van der Waals surface area contributed by atoms with E-state index in [1.807, 2.05) is 38.1 Å². The van der Waals surface area contributed by atoms with E-state index in [-0.39, 0.29) is 23.8 Å². The van der Waals surface area contributed by atoms with E-state index < -0.39 is 0 Å². The molecule has 2 fully saturated rings. The Labute approximate surface area is 186 Å². The van der Waals surface area contributed by atoms with E-state index in [2.05, 4.69) is 20.4 Å². The van der Waals surface area contributed by atoms with Gasteiger partial charge in [-0.3, -0.25) is 14.5 Å². The maximum atomic E-state index is 12.8. The molecule has 2 amide bonds. The molecule has 1 N–H and O–H groups in total. The highest BCUT2D eigenvalue weighted by atomic mass is 32.1. The first kappa shape index (κ1) is 21.5. The number of anilines is 2. The lowest BCUT2D eigenvalue weighted by Crippen LogP contribution is -2.43. The first-order valence-electron chi connectivity index (χ1n) is 10.9. The Morgan fingerprint density at radius 1 is 1.19 bits per heavy atom. The summed E-state index contributed by atoms with van der Waals surface area (Å²) in [6, 6.07) is 7.82. The monoisotopic (exact) mass is 443 g/mol. The fraction of sp³-hybridized carbons (Fsp3) is 0.545. The number of piperidine rings is 1. The fourth-order valence-corrected chi connectivity index (χ4v) is 4.88. The van der Waals surface area contributed by atoms with Gasteiger partial charge in [0.2, 0.25) is 22.1 Å². The number of nitrogens with one attached hydrogen (secondary N) is 1. The SMILES string of the molecule is CC(C)Oc1ccc(CNC(=O)[C@H]2CCCN(c3nnc(N4CCCC4=O)s3)C2)cc1. The molecule has 0 radical (unpaired) electrons. The second-order valence-electron chi connectivity index (χ2n) is 8.33. The Kier molecular flexibility index (Phi) is 6.70. The normalized spacial score (nSPS) is 19.2. The van der Waals surface area contributed by atoms with E-state index in [1.54, 1.807) is 4.90 Å². The molecule has 9 heteroatoms. The van der Waals surface area contributed by atoms with Gasteiger partial charge in [-0.15, -0.1) is 10.2 Å². The lowest BCUT2D eigenvalue weighted by molar-refractivity contribution is -0.125. The lowest BCUT2D eigenvalue weighted by Gasteiger charge is -2.31. The Balaban J connectivity index is 1.30. The number of hydrogen-bond donors (Lipinski definition) is 1. The zero-order valence-electron chi connectivity index (χ0n) is 18.0. The summed E-state index contributed by atoms with van der Waals surface area (Å²) in [5.41, 5.74) is 1.04. The summed E-state index contributed by atoms with van der Waals surface area (Å²) in [5, 5.41) is 13.0. The molecule has 4 rings (SSSR count). The van der Waals surface area contributed by atoms with Crippen LogP contribution in [-0.4, -0.2) is 47.7 Å². The van der Waals surface area contributed by atoms with Crippen molar-refractivity contribution in [1.82, 2.24) is 15.5 Å². The Morgan fingerprint density at radius 2 is 1.97 bits per heavy atom. The highest BCUT2D eigenvalue weighted by Crippen LogP contribution is 2.32. The maximum absolute atomic E-state index is 12.8. The summed E-state index contributed by atoms with van der Waals surface area (Å²) in [5.74, 6) is 0.923. The smallest absolute Gasteiger partial charge is 0.228 e. The third-order valence-corrected chi connectivity index (χ3v) is 6.54. The standard InChI is InChI=1S/C22H29N5O3S/c1-15(2)30-18-9-7-16(8-10-18)13-23-20(29)17-5-3-11-26(14-17)21-24-25-22(31-21)27-12-4-6-19(27)28/h7-10,15,17H,3-6,11-14H2,1-2H3,(H,23,29)/t17-/m0/s1. The number of aromatic nitrogens is 2. The zero-order valence-corrected chi connectivity index (χ0v) is 18.9. The summed E-state index contributed by atoms with van der Waals surface area (Å²) in [4.78, 5) is 28.6. The predicted molar refractivity (Wildman–Crippen MR) is 120 cm³/mol. The van der Waals surface area contributed by atoms with Gasteiger partial charge < -0.3 is 15.0 Å². The molecule has 8 nitrogen and oxygen atoms in total. The maximum Gasteiger partial charge on any atom is 0.228 e. The molecule has 2 aromatic rings. The van der Waals surface area contributed by atoms with Crippen LogP contribution in [0.15, 0.2) is 24.3 Å². The first-order chi connectivity index (χ1) is 15.0. The average Bonchev–Trinajstić information content (AvgIpc) is 3.41. The number of amides is 2. The van der Waals surface area contributed by atoms with Crippen molar-refractivity contribution in [2.45, 2.75) is 52.2 Å². The molecule has 2 aliphatic rings. The second-order valence-corrected chi connectivity index (χ2v) is 9.26. The molecule has 1 aromatic carbocycles. The third-order valence-electron chi connectivity index (χ3n) is 5.53. The van der Waals surface area contributed by atoms with Crippen LogP contribution in [0, 0.1) is 5.92 Å².